The maximum atomic E-state index is 12.9. The molecule has 0 aliphatic carbocycles. The molecule has 3 N–H and O–H groups in total. The molecular weight excluding hydrogens is 519 g/mol. The molecule has 1 aliphatic heterocycles. The molecule has 0 radical (unpaired) electrons. The molecule has 2 rings (SSSR count). The molecule has 0 saturated heterocycles. The van der Waals surface area contributed by atoms with E-state index in [1.165, 1.54) is 25.3 Å². The van der Waals surface area contributed by atoms with Gasteiger partial charge >= 0.3 is 6.18 Å². The zero-order valence-electron chi connectivity index (χ0n) is 21.9. The normalized spacial score (nSPS) is 18.1. The minimum atomic E-state index is -4.40. The highest BCUT2D eigenvalue weighted by Gasteiger charge is 2.34. The molecule has 8 nitrogen and oxygen atoms in total. The fourth-order valence-corrected chi connectivity index (χ4v) is 4.46. The van der Waals surface area contributed by atoms with Crippen LogP contribution >= 0.6 is 0 Å². The number of alkyl halides is 3. The van der Waals surface area contributed by atoms with Crippen molar-refractivity contribution in [3.63, 3.8) is 0 Å². The number of rotatable bonds is 11. The predicted octanol–water partition coefficient (Wildman–Crippen LogP) is 3.83. The van der Waals surface area contributed by atoms with Crippen molar-refractivity contribution in [2.75, 3.05) is 18.8 Å². The molecule has 0 saturated carbocycles. The molecule has 1 aromatic carbocycles. The van der Waals surface area contributed by atoms with Crippen LogP contribution in [0.25, 0.3) is 0 Å². The molecule has 1 heterocycles. The van der Waals surface area contributed by atoms with Crippen molar-refractivity contribution >= 4 is 28.9 Å². The molecule has 12 heteroatoms. The standard InChI is InChI=1S/C26H34F3N5O3S/c1-6-38(36,37)33-14-20(12-30)13-32-25(35)18(4)11-21-16-34(24(17(2)3)23(21)31-5)15-19-7-9-22(10-8-19)26(27,28)29/h7-12,14,17,24H,5-6,13,15-16,30H2,1-4H3,(H,32,35)/b18-11+,20-12?,33-14?/t24-/m0/s1. The zero-order chi connectivity index (χ0) is 28.7. The van der Waals surface area contributed by atoms with Crippen LogP contribution in [0, 0.1) is 5.92 Å². The Hall–Kier alpha value is -3.25. The summed E-state index contributed by atoms with van der Waals surface area (Å²) in [5.74, 6) is -0.423. The van der Waals surface area contributed by atoms with E-state index in [4.69, 9.17) is 5.73 Å². The van der Waals surface area contributed by atoms with Gasteiger partial charge in [-0.25, -0.2) is 8.42 Å². The molecular formula is C26H34F3N5O3S. The molecule has 0 aromatic heterocycles. The van der Waals surface area contributed by atoms with Crippen molar-refractivity contribution in [1.82, 2.24) is 10.2 Å². The number of nitrogens with one attached hydrogen (secondary N) is 1. The summed E-state index contributed by atoms with van der Waals surface area (Å²) in [5.41, 5.74) is 7.73. The number of sulfonamides is 1. The second kappa shape index (κ2) is 13.0. The molecule has 0 unspecified atom stereocenters. The van der Waals surface area contributed by atoms with Gasteiger partial charge in [0, 0.05) is 43.2 Å². The van der Waals surface area contributed by atoms with Gasteiger partial charge in [-0.05, 0) is 55.8 Å². The smallest absolute Gasteiger partial charge is 0.404 e. The molecule has 1 amide bonds. The van der Waals surface area contributed by atoms with Crippen LogP contribution in [-0.4, -0.2) is 57.0 Å². The van der Waals surface area contributed by atoms with Crippen molar-refractivity contribution in [1.29, 1.82) is 0 Å². The first-order chi connectivity index (χ1) is 17.7. The van der Waals surface area contributed by atoms with E-state index in [9.17, 15) is 26.4 Å². The summed E-state index contributed by atoms with van der Waals surface area (Å²) in [7, 11) is -3.58. The van der Waals surface area contributed by atoms with Crippen LogP contribution in [0.1, 0.15) is 38.8 Å². The van der Waals surface area contributed by atoms with E-state index in [0.29, 0.717) is 29.9 Å². The highest BCUT2D eigenvalue weighted by Crippen LogP contribution is 2.34. The van der Waals surface area contributed by atoms with Gasteiger partial charge in [-0.1, -0.05) is 26.0 Å². The molecule has 1 aliphatic rings. The Morgan fingerprint density at radius 2 is 1.92 bits per heavy atom. The largest absolute Gasteiger partial charge is 0.416 e. The average molecular weight is 554 g/mol. The van der Waals surface area contributed by atoms with Gasteiger partial charge in [-0.3, -0.25) is 14.7 Å². The van der Waals surface area contributed by atoms with Gasteiger partial charge in [0.2, 0.25) is 5.91 Å². The number of carbonyl (C=O) groups excluding carboxylic acids is 1. The number of nitrogens with two attached hydrogens (primary N) is 1. The van der Waals surface area contributed by atoms with Crippen LogP contribution in [0.15, 0.2) is 68.3 Å². The Kier molecular flexibility index (Phi) is 10.6. The Morgan fingerprint density at radius 3 is 2.42 bits per heavy atom. The number of amides is 1. The minimum absolute atomic E-state index is 0.0243. The van der Waals surface area contributed by atoms with E-state index >= 15 is 0 Å². The molecule has 0 fully saturated rings. The van der Waals surface area contributed by atoms with Crippen molar-refractivity contribution in [2.24, 2.45) is 21.0 Å². The third-order valence-corrected chi connectivity index (χ3v) is 7.16. The lowest BCUT2D eigenvalue weighted by Gasteiger charge is -2.28. The molecule has 0 spiro atoms. The minimum Gasteiger partial charge on any atom is -0.404 e. The second-order valence-electron chi connectivity index (χ2n) is 9.21. The van der Waals surface area contributed by atoms with Gasteiger partial charge in [0.25, 0.3) is 10.0 Å². The number of carbonyl (C=O) groups is 1. The van der Waals surface area contributed by atoms with E-state index in [-0.39, 0.29) is 24.3 Å². The lowest BCUT2D eigenvalue weighted by molar-refractivity contribution is -0.137. The second-order valence-corrected chi connectivity index (χ2v) is 11.2. The fraction of sp³-hybridized carbons (Fsp3) is 0.423. The molecule has 1 atom stereocenters. The SMILES string of the molecule is C=NC1=C(/C=C(\C)C(=O)NCC(C=NS(=O)(=O)CC)=CN)CN(Cc2ccc(C(F)(F)F)cc2)[C@H]1C(C)C. The Balaban J connectivity index is 2.18. The fourth-order valence-electron chi connectivity index (χ4n) is 4.02. The maximum Gasteiger partial charge on any atom is 0.416 e. The lowest BCUT2D eigenvalue weighted by Crippen LogP contribution is -2.35. The Morgan fingerprint density at radius 1 is 1.29 bits per heavy atom. The van der Waals surface area contributed by atoms with Crippen molar-refractivity contribution < 1.29 is 26.4 Å². The van der Waals surface area contributed by atoms with Crippen molar-refractivity contribution in [3.8, 4) is 0 Å². The summed E-state index contributed by atoms with van der Waals surface area (Å²) < 4.78 is 65.4. The van der Waals surface area contributed by atoms with E-state index in [2.05, 4.69) is 26.3 Å². The number of hydrogen-bond donors (Lipinski definition) is 2. The third kappa shape index (κ3) is 8.38. The number of halogens is 3. The van der Waals surface area contributed by atoms with E-state index in [1.54, 1.807) is 13.0 Å². The summed E-state index contributed by atoms with van der Waals surface area (Å²) in [6.07, 6.45) is -0.419. The van der Waals surface area contributed by atoms with Crippen LogP contribution in [0.4, 0.5) is 13.2 Å². The topological polar surface area (TPSA) is 117 Å². The van der Waals surface area contributed by atoms with Gasteiger partial charge in [0.15, 0.2) is 0 Å². The summed E-state index contributed by atoms with van der Waals surface area (Å²) in [6, 6.07) is 4.92. The Labute approximate surface area is 222 Å². The summed E-state index contributed by atoms with van der Waals surface area (Å²) in [4.78, 5) is 19.0. The highest BCUT2D eigenvalue weighted by molar-refractivity contribution is 7.90. The highest BCUT2D eigenvalue weighted by atomic mass is 32.2. The summed E-state index contributed by atoms with van der Waals surface area (Å²) >= 11 is 0. The summed E-state index contributed by atoms with van der Waals surface area (Å²) in [6.45, 7) is 11.6. The molecule has 38 heavy (non-hydrogen) atoms. The molecule has 0 bridgehead atoms. The zero-order valence-corrected chi connectivity index (χ0v) is 22.7. The quantitative estimate of drug-likeness (QED) is 0.319. The van der Waals surface area contributed by atoms with Crippen LogP contribution in [0.5, 0.6) is 0 Å². The number of aliphatic imine (C=N–C) groups is 1. The van der Waals surface area contributed by atoms with Crippen LogP contribution in [-0.2, 0) is 27.5 Å². The first kappa shape index (κ1) is 31.0. The van der Waals surface area contributed by atoms with Crippen LogP contribution in [0.3, 0.4) is 0 Å². The first-order valence-corrected chi connectivity index (χ1v) is 13.6. The summed E-state index contributed by atoms with van der Waals surface area (Å²) in [5, 5.41) is 2.68. The van der Waals surface area contributed by atoms with Crippen LogP contribution in [0.2, 0.25) is 0 Å². The third-order valence-electron chi connectivity index (χ3n) is 6.00. The number of nitrogens with zero attached hydrogens (tertiary/aromatic N) is 3. The van der Waals surface area contributed by atoms with Gasteiger partial charge in [0.1, 0.15) is 0 Å². The molecule has 208 valence electrons. The number of hydrogen-bond acceptors (Lipinski definition) is 6. The van der Waals surface area contributed by atoms with Crippen LogP contribution < -0.4 is 11.1 Å². The van der Waals surface area contributed by atoms with Crippen molar-refractivity contribution in [3.05, 3.63) is 70.1 Å². The van der Waals surface area contributed by atoms with E-state index < -0.39 is 27.7 Å². The predicted molar refractivity (Wildman–Crippen MR) is 144 cm³/mol. The monoisotopic (exact) mass is 553 g/mol. The van der Waals surface area contributed by atoms with Gasteiger partial charge in [0.05, 0.1) is 23.1 Å². The van der Waals surface area contributed by atoms with Gasteiger partial charge in [-0.15, -0.1) is 0 Å². The van der Waals surface area contributed by atoms with Gasteiger partial charge in [-0.2, -0.15) is 17.6 Å². The average Bonchev–Trinajstić information content (AvgIpc) is 3.20. The lowest BCUT2D eigenvalue weighted by atomic mass is 9.99. The van der Waals surface area contributed by atoms with E-state index in [1.807, 2.05) is 13.8 Å². The maximum absolute atomic E-state index is 12.9. The molecule has 1 aromatic rings. The Bertz CT molecular complexity index is 1250. The van der Waals surface area contributed by atoms with Gasteiger partial charge < -0.3 is 11.1 Å². The van der Waals surface area contributed by atoms with Crippen molar-refractivity contribution in [2.45, 2.75) is 46.5 Å². The van der Waals surface area contributed by atoms with E-state index in [0.717, 1.165) is 29.5 Å². The number of benzene rings is 1. The first-order valence-electron chi connectivity index (χ1n) is 12.0.